The molecule has 1 aliphatic rings. The predicted molar refractivity (Wildman–Crippen MR) is 100 cm³/mol. The van der Waals surface area contributed by atoms with E-state index in [4.69, 9.17) is 11.6 Å². The molecule has 2 aromatic rings. The highest BCUT2D eigenvalue weighted by Gasteiger charge is 2.25. The van der Waals surface area contributed by atoms with E-state index < -0.39 is 0 Å². The molecule has 25 heavy (non-hydrogen) atoms. The third kappa shape index (κ3) is 5.28. The molecule has 132 valence electrons. The number of rotatable bonds is 7. The third-order valence-corrected chi connectivity index (χ3v) is 5.10. The first-order chi connectivity index (χ1) is 12.2. The second kappa shape index (κ2) is 8.97. The first kappa shape index (κ1) is 17.9. The van der Waals surface area contributed by atoms with Crippen LogP contribution in [0.5, 0.6) is 0 Å². The van der Waals surface area contributed by atoms with Gasteiger partial charge in [-0.3, -0.25) is 14.7 Å². The first-order valence-corrected chi connectivity index (χ1v) is 9.23. The molecule has 1 N–H and O–H groups in total. The van der Waals surface area contributed by atoms with Crippen molar-refractivity contribution in [3.8, 4) is 0 Å². The Balaban J connectivity index is 1.61. The number of carbonyl (C=O) groups is 1. The van der Waals surface area contributed by atoms with Gasteiger partial charge in [0, 0.05) is 36.5 Å². The number of nitrogens with zero attached hydrogens (tertiary/aromatic N) is 2. The summed E-state index contributed by atoms with van der Waals surface area (Å²) in [6, 6.07) is 12.2. The van der Waals surface area contributed by atoms with Crippen molar-refractivity contribution in [3.63, 3.8) is 0 Å². The second-order valence-corrected chi connectivity index (χ2v) is 6.98. The van der Waals surface area contributed by atoms with E-state index in [1.165, 1.54) is 12.8 Å². The molecule has 1 aliphatic carbocycles. The monoisotopic (exact) mass is 357 g/mol. The average molecular weight is 358 g/mol. The second-order valence-electron chi connectivity index (χ2n) is 6.57. The van der Waals surface area contributed by atoms with Crippen LogP contribution in [-0.4, -0.2) is 28.4 Å². The minimum absolute atomic E-state index is 0.0443. The lowest BCUT2D eigenvalue weighted by Gasteiger charge is -2.28. The summed E-state index contributed by atoms with van der Waals surface area (Å²) >= 11 is 6.32. The van der Waals surface area contributed by atoms with E-state index in [-0.39, 0.29) is 5.91 Å². The van der Waals surface area contributed by atoms with Gasteiger partial charge in [0.1, 0.15) is 0 Å². The van der Waals surface area contributed by atoms with Gasteiger partial charge in [-0.25, -0.2) is 0 Å². The van der Waals surface area contributed by atoms with E-state index in [1.54, 1.807) is 12.4 Å². The number of hydrogen-bond donors (Lipinski definition) is 1. The maximum absolute atomic E-state index is 12.5. The van der Waals surface area contributed by atoms with Crippen molar-refractivity contribution >= 4 is 17.5 Å². The molecule has 4 nitrogen and oxygen atoms in total. The summed E-state index contributed by atoms with van der Waals surface area (Å²) in [7, 11) is 0. The van der Waals surface area contributed by atoms with Crippen LogP contribution >= 0.6 is 11.6 Å². The number of pyridine rings is 1. The summed E-state index contributed by atoms with van der Waals surface area (Å²) in [4.78, 5) is 18.8. The van der Waals surface area contributed by atoms with Crippen molar-refractivity contribution in [2.45, 2.75) is 44.8 Å². The number of aromatic nitrogens is 1. The standard InChI is InChI=1S/C20H24ClN3O/c21-19-10-4-1-7-17(19)14-24(18-8-2-3-9-18)15-20(25)23-13-16-6-5-11-22-12-16/h1,4-7,10-12,18H,2-3,8-9,13-15H2,(H,23,25). The highest BCUT2D eigenvalue weighted by molar-refractivity contribution is 6.31. The zero-order valence-electron chi connectivity index (χ0n) is 14.3. The van der Waals surface area contributed by atoms with Gasteiger partial charge in [0.2, 0.25) is 5.91 Å². The Morgan fingerprint density at radius 3 is 2.72 bits per heavy atom. The Kier molecular flexibility index (Phi) is 6.42. The lowest BCUT2D eigenvalue weighted by atomic mass is 10.1. The summed E-state index contributed by atoms with van der Waals surface area (Å²) < 4.78 is 0. The Bertz CT molecular complexity index is 686. The van der Waals surface area contributed by atoms with Crippen LogP contribution in [0, 0.1) is 0 Å². The quantitative estimate of drug-likeness (QED) is 0.819. The third-order valence-electron chi connectivity index (χ3n) is 4.73. The van der Waals surface area contributed by atoms with E-state index in [1.807, 2.05) is 36.4 Å². The molecule has 1 aromatic heterocycles. The Morgan fingerprint density at radius 2 is 2.00 bits per heavy atom. The van der Waals surface area contributed by atoms with Crippen LogP contribution in [0.3, 0.4) is 0 Å². The average Bonchev–Trinajstić information content (AvgIpc) is 3.17. The Hall–Kier alpha value is -1.91. The van der Waals surface area contributed by atoms with Crippen molar-refractivity contribution < 1.29 is 4.79 Å². The SMILES string of the molecule is O=C(CN(Cc1ccccc1Cl)C1CCCC1)NCc1cccnc1. The van der Waals surface area contributed by atoms with E-state index in [0.29, 0.717) is 25.7 Å². The number of amides is 1. The zero-order valence-corrected chi connectivity index (χ0v) is 15.1. The number of nitrogens with one attached hydrogen (secondary N) is 1. The molecule has 0 saturated heterocycles. The van der Waals surface area contributed by atoms with Crippen LogP contribution in [0.1, 0.15) is 36.8 Å². The van der Waals surface area contributed by atoms with E-state index in [9.17, 15) is 4.79 Å². The van der Waals surface area contributed by atoms with E-state index in [0.717, 1.165) is 29.0 Å². The van der Waals surface area contributed by atoms with Crippen LogP contribution in [0.15, 0.2) is 48.8 Å². The topological polar surface area (TPSA) is 45.2 Å². The van der Waals surface area contributed by atoms with Crippen LogP contribution in [0.2, 0.25) is 5.02 Å². The molecule has 0 spiro atoms. The Morgan fingerprint density at radius 1 is 1.20 bits per heavy atom. The molecule has 1 amide bonds. The summed E-state index contributed by atoms with van der Waals surface area (Å²) in [5.41, 5.74) is 2.09. The highest BCUT2D eigenvalue weighted by Crippen LogP contribution is 2.26. The van der Waals surface area contributed by atoms with Crippen molar-refractivity contribution in [2.75, 3.05) is 6.54 Å². The van der Waals surface area contributed by atoms with Gasteiger partial charge in [0.05, 0.1) is 6.54 Å². The maximum Gasteiger partial charge on any atom is 0.234 e. The molecular formula is C20H24ClN3O. The van der Waals surface area contributed by atoms with E-state index >= 15 is 0 Å². The van der Waals surface area contributed by atoms with Gasteiger partial charge in [0.25, 0.3) is 0 Å². The molecule has 0 radical (unpaired) electrons. The van der Waals surface area contributed by atoms with E-state index in [2.05, 4.69) is 15.2 Å². The normalized spacial score (nSPS) is 14.8. The molecule has 1 aromatic carbocycles. The van der Waals surface area contributed by atoms with Crippen molar-refractivity contribution in [1.82, 2.24) is 15.2 Å². The fraction of sp³-hybridized carbons (Fsp3) is 0.400. The zero-order chi connectivity index (χ0) is 17.5. The summed E-state index contributed by atoms with van der Waals surface area (Å²) in [5.74, 6) is 0.0443. The van der Waals surface area contributed by atoms with Crippen molar-refractivity contribution in [1.29, 1.82) is 0 Å². The number of benzene rings is 1. The smallest absolute Gasteiger partial charge is 0.234 e. The van der Waals surface area contributed by atoms with Gasteiger partial charge in [-0.15, -0.1) is 0 Å². The fourth-order valence-corrected chi connectivity index (χ4v) is 3.57. The molecule has 0 bridgehead atoms. The molecule has 1 saturated carbocycles. The van der Waals surface area contributed by atoms with Crippen LogP contribution in [-0.2, 0) is 17.9 Å². The summed E-state index contributed by atoms with van der Waals surface area (Å²) in [6.07, 6.45) is 8.29. The van der Waals surface area contributed by atoms with Gasteiger partial charge in [-0.2, -0.15) is 0 Å². The lowest BCUT2D eigenvalue weighted by Crippen LogP contribution is -2.41. The Labute approximate surface area is 154 Å². The van der Waals surface area contributed by atoms with Crippen molar-refractivity contribution in [3.05, 3.63) is 64.9 Å². The van der Waals surface area contributed by atoms with Gasteiger partial charge < -0.3 is 5.32 Å². The van der Waals surface area contributed by atoms with Gasteiger partial charge in [0.15, 0.2) is 0 Å². The van der Waals surface area contributed by atoms with Crippen LogP contribution in [0.4, 0.5) is 0 Å². The number of carbonyl (C=O) groups excluding carboxylic acids is 1. The van der Waals surface area contributed by atoms with Gasteiger partial charge in [-0.05, 0) is 36.1 Å². The molecule has 3 rings (SSSR count). The molecular weight excluding hydrogens is 334 g/mol. The molecule has 1 fully saturated rings. The number of halogens is 1. The lowest BCUT2D eigenvalue weighted by molar-refractivity contribution is -0.123. The maximum atomic E-state index is 12.5. The van der Waals surface area contributed by atoms with Gasteiger partial charge in [-0.1, -0.05) is 48.7 Å². The molecule has 0 aliphatic heterocycles. The predicted octanol–water partition coefficient (Wildman–Crippen LogP) is 3.80. The van der Waals surface area contributed by atoms with Crippen LogP contribution in [0.25, 0.3) is 0 Å². The minimum Gasteiger partial charge on any atom is -0.351 e. The molecule has 5 heteroatoms. The van der Waals surface area contributed by atoms with Crippen molar-refractivity contribution in [2.24, 2.45) is 0 Å². The van der Waals surface area contributed by atoms with Crippen LogP contribution < -0.4 is 5.32 Å². The highest BCUT2D eigenvalue weighted by atomic mass is 35.5. The first-order valence-electron chi connectivity index (χ1n) is 8.85. The molecule has 1 heterocycles. The fourth-order valence-electron chi connectivity index (χ4n) is 3.37. The summed E-state index contributed by atoms with van der Waals surface area (Å²) in [5, 5.41) is 3.76. The van der Waals surface area contributed by atoms with Gasteiger partial charge >= 0.3 is 0 Å². The largest absolute Gasteiger partial charge is 0.351 e. The molecule has 0 atom stereocenters. The number of hydrogen-bond acceptors (Lipinski definition) is 3. The minimum atomic E-state index is 0.0443. The molecule has 0 unspecified atom stereocenters. The summed E-state index contributed by atoms with van der Waals surface area (Å²) in [6.45, 7) is 1.62.